The lowest BCUT2D eigenvalue weighted by molar-refractivity contribution is -0.119. The second-order valence-corrected chi connectivity index (χ2v) is 6.20. The fourth-order valence-corrected chi connectivity index (χ4v) is 2.12. The van der Waals surface area contributed by atoms with Gasteiger partial charge in [0.05, 0.1) is 6.54 Å². The minimum absolute atomic E-state index is 0.0675. The first-order valence-corrected chi connectivity index (χ1v) is 7.72. The van der Waals surface area contributed by atoms with Crippen molar-refractivity contribution in [3.8, 4) is 0 Å². The predicted octanol–water partition coefficient (Wildman–Crippen LogP) is 2.54. The molecule has 0 aromatic heterocycles. The van der Waals surface area contributed by atoms with Gasteiger partial charge in [0.1, 0.15) is 0 Å². The molecular formula is C17H29N3O. The normalized spacial score (nSPS) is 11.3. The van der Waals surface area contributed by atoms with Crippen molar-refractivity contribution in [3.05, 3.63) is 29.8 Å². The summed E-state index contributed by atoms with van der Waals surface area (Å²) in [6, 6.07) is 8.27. The number of amides is 1. The highest BCUT2D eigenvalue weighted by Gasteiger charge is 2.15. The van der Waals surface area contributed by atoms with Crippen molar-refractivity contribution in [1.29, 1.82) is 0 Å². The molecule has 0 radical (unpaired) electrons. The zero-order chi connectivity index (χ0) is 15.9. The maximum Gasteiger partial charge on any atom is 0.239 e. The number of hydrogen-bond acceptors (Lipinski definition) is 3. The number of para-hydroxylation sites is 1. The Balaban J connectivity index is 2.86. The molecule has 4 heteroatoms. The number of nitrogens with one attached hydrogen (secondary N) is 2. The van der Waals surface area contributed by atoms with Crippen LogP contribution in [0.25, 0.3) is 0 Å². The van der Waals surface area contributed by atoms with Crippen LogP contribution in [0.5, 0.6) is 0 Å². The van der Waals surface area contributed by atoms with E-state index in [0.29, 0.717) is 13.1 Å². The van der Waals surface area contributed by atoms with Crippen LogP contribution in [-0.2, 0) is 11.3 Å². The van der Waals surface area contributed by atoms with Gasteiger partial charge in [-0.05, 0) is 46.2 Å². The maximum atomic E-state index is 11.8. The molecule has 0 aliphatic rings. The lowest BCUT2D eigenvalue weighted by Gasteiger charge is -2.27. The number of likely N-dealkylation sites (N-methyl/N-ethyl adjacent to an activating group) is 2. The van der Waals surface area contributed by atoms with E-state index in [2.05, 4.69) is 55.4 Å². The number of rotatable bonds is 7. The molecule has 0 heterocycles. The summed E-state index contributed by atoms with van der Waals surface area (Å²) < 4.78 is 0. The molecule has 0 unspecified atom stereocenters. The largest absolute Gasteiger partial charge is 0.362 e. The molecule has 0 saturated carbocycles. The van der Waals surface area contributed by atoms with Gasteiger partial charge in [-0.3, -0.25) is 4.79 Å². The highest BCUT2D eigenvalue weighted by atomic mass is 16.2. The number of carbonyl (C=O) groups is 1. The van der Waals surface area contributed by atoms with E-state index >= 15 is 0 Å². The molecular weight excluding hydrogens is 262 g/mol. The van der Waals surface area contributed by atoms with Gasteiger partial charge in [-0.15, -0.1) is 0 Å². The van der Waals surface area contributed by atoms with Gasteiger partial charge in [-0.25, -0.2) is 0 Å². The van der Waals surface area contributed by atoms with E-state index in [1.807, 2.05) is 19.1 Å². The Morgan fingerprint density at radius 2 is 1.86 bits per heavy atom. The van der Waals surface area contributed by atoms with Crippen molar-refractivity contribution in [2.24, 2.45) is 0 Å². The Labute approximate surface area is 128 Å². The monoisotopic (exact) mass is 291 g/mol. The van der Waals surface area contributed by atoms with E-state index in [0.717, 1.165) is 18.8 Å². The van der Waals surface area contributed by atoms with Gasteiger partial charge >= 0.3 is 0 Å². The lowest BCUT2D eigenvalue weighted by atomic mass is 10.1. The third kappa shape index (κ3) is 6.17. The smallest absolute Gasteiger partial charge is 0.239 e. The molecule has 0 fully saturated rings. The van der Waals surface area contributed by atoms with E-state index < -0.39 is 0 Å². The molecule has 0 bridgehead atoms. The van der Waals surface area contributed by atoms with Crippen molar-refractivity contribution in [1.82, 2.24) is 10.6 Å². The van der Waals surface area contributed by atoms with E-state index in [-0.39, 0.29) is 11.4 Å². The van der Waals surface area contributed by atoms with Crippen LogP contribution in [-0.4, -0.2) is 31.1 Å². The molecule has 1 rings (SSSR count). The molecule has 1 aromatic carbocycles. The molecule has 0 aliphatic heterocycles. The summed E-state index contributed by atoms with van der Waals surface area (Å²) in [5.41, 5.74) is 2.42. The van der Waals surface area contributed by atoms with Crippen LogP contribution in [0.1, 0.15) is 40.2 Å². The number of anilines is 1. The number of benzene rings is 1. The Bertz CT molecular complexity index is 452. The van der Waals surface area contributed by atoms with Crippen LogP contribution in [0, 0.1) is 0 Å². The van der Waals surface area contributed by atoms with Gasteiger partial charge in [0.2, 0.25) is 5.91 Å². The van der Waals surface area contributed by atoms with Gasteiger partial charge < -0.3 is 15.5 Å². The molecule has 1 aromatic rings. The molecule has 118 valence electrons. The fraction of sp³-hybridized carbons (Fsp3) is 0.588. The summed E-state index contributed by atoms with van der Waals surface area (Å²) in [6.07, 6.45) is 0. The molecule has 0 spiro atoms. The lowest BCUT2D eigenvalue weighted by Crippen LogP contribution is -2.39. The van der Waals surface area contributed by atoms with E-state index in [1.54, 1.807) is 0 Å². The third-order valence-corrected chi connectivity index (χ3v) is 3.23. The number of hydrogen-bond donors (Lipinski definition) is 2. The summed E-state index contributed by atoms with van der Waals surface area (Å²) in [7, 11) is 0. The van der Waals surface area contributed by atoms with Crippen LogP contribution in [0.2, 0.25) is 0 Å². The standard InChI is InChI=1S/C17H29N3O/c1-6-18-16(21)13-20(7-2)15-11-9-8-10-14(15)12-19-17(3,4)5/h8-11,19H,6-7,12-13H2,1-5H3,(H,18,21). The quantitative estimate of drug-likeness (QED) is 0.811. The Kier molecular flexibility index (Phi) is 6.69. The zero-order valence-electron chi connectivity index (χ0n) is 14.0. The van der Waals surface area contributed by atoms with E-state index in [4.69, 9.17) is 0 Å². The highest BCUT2D eigenvalue weighted by Crippen LogP contribution is 2.20. The van der Waals surface area contributed by atoms with Crippen molar-refractivity contribution >= 4 is 11.6 Å². The SMILES string of the molecule is CCNC(=O)CN(CC)c1ccccc1CNC(C)(C)C. The van der Waals surface area contributed by atoms with Crippen LogP contribution < -0.4 is 15.5 Å². The average Bonchev–Trinajstić information content (AvgIpc) is 2.42. The van der Waals surface area contributed by atoms with Crippen LogP contribution in [0.15, 0.2) is 24.3 Å². The Morgan fingerprint density at radius 1 is 1.19 bits per heavy atom. The van der Waals surface area contributed by atoms with E-state index in [1.165, 1.54) is 5.56 Å². The summed E-state index contributed by atoms with van der Waals surface area (Å²) in [4.78, 5) is 14.0. The second-order valence-electron chi connectivity index (χ2n) is 6.20. The summed E-state index contributed by atoms with van der Waals surface area (Å²) in [5.74, 6) is 0.0675. The average molecular weight is 291 g/mol. The topological polar surface area (TPSA) is 44.4 Å². The summed E-state index contributed by atoms with van der Waals surface area (Å²) >= 11 is 0. The van der Waals surface area contributed by atoms with Crippen molar-refractivity contribution in [2.75, 3.05) is 24.5 Å². The Morgan fingerprint density at radius 3 is 2.43 bits per heavy atom. The highest BCUT2D eigenvalue weighted by molar-refractivity contribution is 5.81. The maximum absolute atomic E-state index is 11.8. The van der Waals surface area contributed by atoms with Crippen molar-refractivity contribution in [2.45, 2.75) is 46.7 Å². The molecule has 4 nitrogen and oxygen atoms in total. The molecule has 2 N–H and O–H groups in total. The van der Waals surface area contributed by atoms with Gasteiger partial charge in [-0.2, -0.15) is 0 Å². The van der Waals surface area contributed by atoms with Crippen molar-refractivity contribution < 1.29 is 4.79 Å². The number of nitrogens with zero attached hydrogens (tertiary/aromatic N) is 1. The Hall–Kier alpha value is -1.55. The minimum Gasteiger partial charge on any atom is -0.362 e. The second kappa shape index (κ2) is 8.03. The first-order chi connectivity index (χ1) is 9.87. The molecule has 0 atom stereocenters. The third-order valence-electron chi connectivity index (χ3n) is 3.23. The van der Waals surface area contributed by atoms with Gasteiger partial charge in [0.25, 0.3) is 0 Å². The molecule has 0 aliphatic carbocycles. The first kappa shape index (κ1) is 17.5. The zero-order valence-corrected chi connectivity index (χ0v) is 14.0. The van der Waals surface area contributed by atoms with Crippen LogP contribution in [0.3, 0.4) is 0 Å². The van der Waals surface area contributed by atoms with Gasteiger partial charge in [0.15, 0.2) is 0 Å². The molecule has 0 saturated heterocycles. The van der Waals surface area contributed by atoms with Gasteiger partial charge in [0, 0.05) is 30.9 Å². The molecule has 21 heavy (non-hydrogen) atoms. The fourth-order valence-electron chi connectivity index (χ4n) is 2.12. The van der Waals surface area contributed by atoms with Gasteiger partial charge in [-0.1, -0.05) is 18.2 Å². The molecule has 1 amide bonds. The number of carbonyl (C=O) groups excluding carboxylic acids is 1. The minimum atomic E-state index is 0.0675. The van der Waals surface area contributed by atoms with Crippen molar-refractivity contribution in [3.63, 3.8) is 0 Å². The van der Waals surface area contributed by atoms with Crippen LogP contribution in [0.4, 0.5) is 5.69 Å². The first-order valence-electron chi connectivity index (χ1n) is 7.72. The summed E-state index contributed by atoms with van der Waals surface area (Å²) in [6.45, 7) is 13.2. The van der Waals surface area contributed by atoms with E-state index in [9.17, 15) is 4.79 Å². The summed E-state index contributed by atoms with van der Waals surface area (Å²) in [5, 5.41) is 6.37. The van der Waals surface area contributed by atoms with Crippen LogP contribution >= 0.6 is 0 Å². The predicted molar refractivity (Wildman–Crippen MR) is 89.6 cm³/mol.